The molecule has 1 heterocycles. The molecule has 0 fully saturated rings. The van der Waals surface area contributed by atoms with Crippen molar-refractivity contribution in [3.05, 3.63) is 78.4 Å². The van der Waals surface area contributed by atoms with Crippen molar-refractivity contribution in [1.82, 2.24) is 15.3 Å². The molecule has 1 amide bonds. The van der Waals surface area contributed by atoms with Crippen LogP contribution in [0.15, 0.2) is 67.3 Å². The van der Waals surface area contributed by atoms with Crippen molar-refractivity contribution in [1.29, 1.82) is 0 Å². The number of amides is 1. The third-order valence-electron chi connectivity index (χ3n) is 4.36. The summed E-state index contributed by atoms with van der Waals surface area (Å²) >= 11 is 0. The van der Waals surface area contributed by atoms with Crippen molar-refractivity contribution in [3.8, 4) is 11.1 Å². The maximum absolute atomic E-state index is 12.8. The standard InChI is InChI=1S/C21H22N4O/c1-3-25(2)20-11-7-4-8-16(20)14-24-21(26)19-10-6-5-9-18(19)17-12-22-15-23-13-17/h4-13,15H,3,14H2,1-2H3,(H,24,26). The van der Waals surface area contributed by atoms with E-state index in [2.05, 4.69) is 33.2 Å². The van der Waals surface area contributed by atoms with Gasteiger partial charge in [-0.1, -0.05) is 36.4 Å². The van der Waals surface area contributed by atoms with Gasteiger partial charge < -0.3 is 10.2 Å². The quantitative estimate of drug-likeness (QED) is 0.742. The van der Waals surface area contributed by atoms with Gasteiger partial charge >= 0.3 is 0 Å². The molecule has 0 saturated carbocycles. The first-order chi connectivity index (χ1) is 12.7. The molecule has 26 heavy (non-hydrogen) atoms. The molecule has 0 spiro atoms. The molecule has 0 unspecified atom stereocenters. The van der Waals surface area contributed by atoms with E-state index < -0.39 is 0 Å². The average Bonchev–Trinajstić information content (AvgIpc) is 2.72. The second-order valence-electron chi connectivity index (χ2n) is 6.00. The molecule has 3 aromatic rings. The molecule has 132 valence electrons. The van der Waals surface area contributed by atoms with Crippen LogP contribution < -0.4 is 10.2 Å². The van der Waals surface area contributed by atoms with Crippen LogP contribution in [0.25, 0.3) is 11.1 Å². The number of rotatable bonds is 6. The summed E-state index contributed by atoms with van der Waals surface area (Å²) in [6, 6.07) is 15.6. The number of benzene rings is 2. The van der Waals surface area contributed by atoms with E-state index in [1.807, 2.05) is 49.5 Å². The number of hydrogen-bond acceptors (Lipinski definition) is 4. The highest BCUT2D eigenvalue weighted by atomic mass is 16.1. The molecule has 0 aliphatic rings. The highest BCUT2D eigenvalue weighted by Crippen LogP contribution is 2.23. The van der Waals surface area contributed by atoms with Crippen LogP contribution in [-0.2, 0) is 6.54 Å². The second-order valence-corrected chi connectivity index (χ2v) is 6.00. The Balaban J connectivity index is 1.81. The third kappa shape index (κ3) is 3.88. The first kappa shape index (κ1) is 17.6. The Kier molecular flexibility index (Phi) is 5.59. The molecule has 0 bridgehead atoms. The first-order valence-corrected chi connectivity index (χ1v) is 8.62. The Labute approximate surface area is 153 Å². The van der Waals surface area contributed by atoms with Crippen LogP contribution in [0.5, 0.6) is 0 Å². The van der Waals surface area contributed by atoms with Crippen molar-refractivity contribution in [3.63, 3.8) is 0 Å². The van der Waals surface area contributed by atoms with Crippen LogP contribution in [0.2, 0.25) is 0 Å². The average molecular weight is 346 g/mol. The van der Waals surface area contributed by atoms with E-state index in [0.29, 0.717) is 12.1 Å². The summed E-state index contributed by atoms with van der Waals surface area (Å²) in [6.07, 6.45) is 4.91. The summed E-state index contributed by atoms with van der Waals surface area (Å²) in [5, 5.41) is 3.04. The molecule has 5 nitrogen and oxygen atoms in total. The molecule has 0 aliphatic heterocycles. The summed E-state index contributed by atoms with van der Waals surface area (Å²) in [5.41, 5.74) is 4.48. The number of hydrogen-bond donors (Lipinski definition) is 1. The third-order valence-corrected chi connectivity index (χ3v) is 4.36. The van der Waals surface area contributed by atoms with Crippen molar-refractivity contribution in [2.24, 2.45) is 0 Å². The van der Waals surface area contributed by atoms with E-state index in [1.54, 1.807) is 12.4 Å². The Morgan fingerprint density at radius 2 is 1.73 bits per heavy atom. The Morgan fingerprint density at radius 3 is 2.50 bits per heavy atom. The van der Waals surface area contributed by atoms with Crippen molar-refractivity contribution in [2.75, 3.05) is 18.5 Å². The zero-order valence-electron chi connectivity index (χ0n) is 15.0. The SMILES string of the molecule is CCN(C)c1ccccc1CNC(=O)c1ccccc1-c1cncnc1. The number of para-hydroxylation sites is 1. The fourth-order valence-electron chi connectivity index (χ4n) is 2.84. The minimum absolute atomic E-state index is 0.113. The normalized spacial score (nSPS) is 10.4. The number of nitrogens with one attached hydrogen (secondary N) is 1. The van der Waals surface area contributed by atoms with Gasteiger partial charge in [0, 0.05) is 49.3 Å². The molecular formula is C21H22N4O. The van der Waals surface area contributed by atoms with Gasteiger partial charge in [0.2, 0.25) is 0 Å². The number of anilines is 1. The van der Waals surface area contributed by atoms with Crippen LogP contribution in [0.1, 0.15) is 22.8 Å². The molecular weight excluding hydrogens is 324 g/mol. The molecule has 0 atom stereocenters. The smallest absolute Gasteiger partial charge is 0.252 e. The Morgan fingerprint density at radius 1 is 1.04 bits per heavy atom. The summed E-state index contributed by atoms with van der Waals surface area (Å²) < 4.78 is 0. The first-order valence-electron chi connectivity index (χ1n) is 8.62. The zero-order valence-corrected chi connectivity index (χ0v) is 15.0. The highest BCUT2D eigenvalue weighted by molar-refractivity contribution is 6.00. The molecule has 1 N–H and O–H groups in total. The van der Waals surface area contributed by atoms with Gasteiger partial charge in [-0.3, -0.25) is 4.79 Å². The van der Waals surface area contributed by atoms with Gasteiger partial charge in [-0.2, -0.15) is 0 Å². The lowest BCUT2D eigenvalue weighted by molar-refractivity contribution is 0.0951. The van der Waals surface area contributed by atoms with E-state index in [4.69, 9.17) is 0 Å². The molecule has 0 radical (unpaired) electrons. The molecule has 0 saturated heterocycles. The maximum atomic E-state index is 12.8. The lowest BCUT2D eigenvalue weighted by Gasteiger charge is -2.21. The fourth-order valence-corrected chi connectivity index (χ4v) is 2.84. The van der Waals surface area contributed by atoms with Crippen molar-refractivity contribution in [2.45, 2.75) is 13.5 Å². The van der Waals surface area contributed by atoms with E-state index >= 15 is 0 Å². The Hall–Kier alpha value is -3.21. The van der Waals surface area contributed by atoms with E-state index in [-0.39, 0.29) is 5.91 Å². The molecule has 0 aliphatic carbocycles. The van der Waals surface area contributed by atoms with Gasteiger partial charge in [0.15, 0.2) is 0 Å². The molecule has 2 aromatic carbocycles. The molecule has 3 rings (SSSR count). The summed E-state index contributed by atoms with van der Waals surface area (Å²) in [6.45, 7) is 3.48. The lowest BCUT2D eigenvalue weighted by atomic mass is 10.0. The van der Waals surface area contributed by atoms with E-state index in [9.17, 15) is 4.79 Å². The van der Waals surface area contributed by atoms with Crippen LogP contribution in [0, 0.1) is 0 Å². The van der Waals surface area contributed by atoms with Crippen LogP contribution in [0.3, 0.4) is 0 Å². The molecule has 1 aromatic heterocycles. The topological polar surface area (TPSA) is 58.1 Å². The van der Waals surface area contributed by atoms with Gasteiger partial charge in [-0.05, 0) is 30.2 Å². The maximum Gasteiger partial charge on any atom is 0.252 e. The summed E-state index contributed by atoms with van der Waals surface area (Å²) in [7, 11) is 2.05. The van der Waals surface area contributed by atoms with Crippen molar-refractivity contribution < 1.29 is 4.79 Å². The van der Waals surface area contributed by atoms with Gasteiger partial charge in [0.05, 0.1) is 0 Å². The minimum atomic E-state index is -0.113. The van der Waals surface area contributed by atoms with Gasteiger partial charge in [-0.15, -0.1) is 0 Å². The summed E-state index contributed by atoms with van der Waals surface area (Å²) in [4.78, 5) is 23.1. The van der Waals surface area contributed by atoms with E-state index in [1.165, 1.54) is 6.33 Å². The van der Waals surface area contributed by atoms with Gasteiger partial charge in [0.25, 0.3) is 5.91 Å². The van der Waals surface area contributed by atoms with Crippen LogP contribution >= 0.6 is 0 Å². The predicted octanol–water partition coefficient (Wildman–Crippen LogP) is 3.53. The number of carbonyl (C=O) groups excluding carboxylic acids is 1. The van der Waals surface area contributed by atoms with E-state index in [0.717, 1.165) is 28.9 Å². The van der Waals surface area contributed by atoms with Crippen LogP contribution in [-0.4, -0.2) is 29.5 Å². The molecule has 5 heteroatoms. The number of carbonyl (C=O) groups is 1. The van der Waals surface area contributed by atoms with Crippen molar-refractivity contribution >= 4 is 11.6 Å². The van der Waals surface area contributed by atoms with Gasteiger partial charge in [0.1, 0.15) is 6.33 Å². The second kappa shape index (κ2) is 8.25. The lowest BCUT2D eigenvalue weighted by Crippen LogP contribution is -2.25. The highest BCUT2D eigenvalue weighted by Gasteiger charge is 2.13. The number of nitrogens with zero attached hydrogens (tertiary/aromatic N) is 3. The minimum Gasteiger partial charge on any atom is -0.375 e. The monoisotopic (exact) mass is 346 g/mol. The predicted molar refractivity (Wildman–Crippen MR) is 104 cm³/mol. The van der Waals surface area contributed by atoms with Crippen LogP contribution in [0.4, 0.5) is 5.69 Å². The number of aromatic nitrogens is 2. The Bertz CT molecular complexity index is 880. The summed E-state index contributed by atoms with van der Waals surface area (Å²) in [5.74, 6) is -0.113. The largest absolute Gasteiger partial charge is 0.375 e. The zero-order chi connectivity index (χ0) is 18.4. The fraction of sp³-hybridized carbons (Fsp3) is 0.190. The van der Waals surface area contributed by atoms with Gasteiger partial charge in [-0.25, -0.2) is 9.97 Å².